The zero-order valence-electron chi connectivity index (χ0n) is 9.60. The first kappa shape index (κ1) is 13.2. The SMILES string of the molecule is C=COC=C(C)CC(=O)OC1C(=O)CCC1=O. The fourth-order valence-corrected chi connectivity index (χ4v) is 1.43. The van der Waals surface area contributed by atoms with Crippen molar-refractivity contribution in [2.45, 2.75) is 32.3 Å². The van der Waals surface area contributed by atoms with Crippen molar-refractivity contribution in [1.29, 1.82) is 0 Å². The van der Waals surface area contributed by atoms with Crippen LogP contribution in [0.3, 0.4) is 0 Å². The van der Waals surface area contributed by atoms with Gasteiger partial charge in [0.25, 0.3) is 0 Å². The molecule has 1 fully saturated rings. The summed E-state index contributed by atoms with van der Waals surface area (Å²) in [5, 5.41) is 0. The van der Waals surface area contributed by atoms with Crippen molar-refractivity contribution in [3.05, 3.63) is 24.7 Å². The Kier molecular flexibility index (Phi) is 4.63. The van der Waals surface area contributed by atoms with Gasteiger partial charge >= 0.3 is 5.97 Å². The Labute approximate surface area is 99.1 Å². The van der Waals surface area contributed by atoms with Gasteiger partial charge in [-0.3, -0.25) is 14.4 Å². The Morgan fingerprint density at radius 2 is 2.00 bits per heavy atom. The van der Waals surface area contributed by atoms with Gasteiger partial charge in [0, 0.05) is 12.8 Å². The molecule has 0 aromatic carbocycles. The average Bonchev–Trinajstić information content (AvgIpc) is 2.58. The predicted octanol–water partition coefficient (Wildman–Crippen LogP) is 1.28. The van der Waals surface area contributed by atoms with Crippen molar-refractivity contribution >= 4 is 17.5 Å². The van der Waals surface area contributed by atoms with Crippen LogP contribution in [0.4, 0.5) is 0 Å². The predicted molar refractivity (Wildman–Crippen MR) is 58.8 cm³/mol. The Morgan fingerprint density at radius 1 is 1.41 bits per heavy atom. The van der Waals surface area contributed by atoms with E-state index in [1.807, 2.05) is 0 Å². The molecule has 0 unspecified atom stereocenters. The molecule has 0 atom stereocenters. The molecule has 1 aliphatic carbocycles. The van der Waals surface area contributed by atoms with Crippen LogP contribution >= 0.6 is 0 Å². The molecule has 1 rings (SSSR count). The highest BCUT2D eigenvalue weighted by molar-refractivity contribution is 6.12. The van der Waals surface area contributed by atoms with Gasteiger partial charge in [0.05, 0.1) is 18.9 Å². The van der Waals surface area contributed by atoms with Crippen molar-refractivity contribution < 1.29 is 23.9 Å². The van der Waals surface area contributed by atoms with E-state index in [2.05, 4.69) is 6.58 Å². The summed E-state index contributed by atoms with van der Waals surface area (Å²) >= 11 is 0. The quantitative estimate of drug-likeness (QED) is 0.410. The van der Waals surface area contributed by atoms with Gasteiger partial charge in [-0.2, -0.15) is 0 Å². The van der Waals surface area contributed by atoms with Crippen molar-refractivity contribution in [3.8, 4) is 0 Å². The summed E-state index contributed by atoms with van der Waals surface area (Å²) in [6.45, 7) is 5.01. The standard InChI is InChI=1S/C12H14O5/c1-3-16-7-8(2)6-11(15)17-12-9(13)4-5-10(12)14/h3,7,12H,1,4-6H2,2H3. The molecule has 0 aromatic rings. The van der Waals surface area contributed by atoms with E-state index in [0.29, 0.717) is 5.57 Å². The summed E-state index contributed by atoms with van der Waals surface area (Å²) in [7, 11) is 0. The average molecular weight is 238 g/mol. The van der Waals surface area contributed by atoms with Crippen LogP contribution in [0.5, 0.6) is 0 Å². The normalized spacial score (nSPS) is 17.1. The molecule has 0 bridgehead atoms. The smallest absolute Gasteiger partial charge is 0.311 e. The van der Waals surface area contributed by atoms with Crippen LogP contribution in [0.15, 0.2) is 24.7 Å². The van der Waals surface area contributed by atoms with Gasteiger partial charge < -0.3 is 9.47 Å². The third kappa shape index (κ3) is 3.86. The van der Waals surface area contributed by atoms with Crippen molar-refractivity contribution in [1.82, 2.24) is 0 Å². The van der Waals surface area contributed by atoms with E-state index in [9.17, 15) is 14.4 Å². The summed E-state index contributed by atoms with van der Waals surface area (Å²) < 4.78 is 9.59. The number of carbonyl (C=O) groups is 3. The first-order chi connectivity index (χ1) is 8.04. The molecule has 0 saturated heterocycles. The number of ether oxygens (including phenoxy) is 2. The van der Waals surface area contributed by atoms with Gasteiger partial charge in [-0.15, -0.1) is 0 Å². The second kappa shape index (κ2) is 5.98. The fourth-order valence-electron chi connectivity index (χ4n) is 1.43. The summed E-state index contributed by atoms with van der Waals surface area (Å²) in [6.07, 6.45) is 1.67. The van der Waals surface area contributed by atoms with Gasteiger partial charge in [-0.05, 0) is 12.5 Å². The van der Waals surface area contributed by atoms with E-state index in [1.54, 1.807) is 6.92 Å². The van der Waals surface area contributed by atoms with E-state index in [-0.39, 0.29) is 30.8 Å². The van der Waals surface area contributed by atoms with Crippen molar-refractivity contribution in [2.75, 3.05) is 0 Å². The lowest BCUT2D eigenvalue weighted by Gasteiger charge is -2.09. The molecule has 0 spiro atoms. The largest absolute Gasteiger partial charge is 0.473 e. The van der Waals surface area contributed by atoms with Gasteiger partial charge in [-0.1, -0.05) is 6.58 Å². The van der Waals surface area contributed by atoms with E-state index < -0.39 is 12.1 Å². The Morgan fingerprint density at radius 3 is 2.53 bits per heavy atom. The maximum absolute atomic E-state index is 11.4. The third-order valence-electron chi connectivity index (χ3n) is 2.24. The number of hydrogen-bond donors (Lipinski definition) is 0. The van der Waals surface area contributed by atoms with Crippen LogP contribution in [0.25, 0.3) is 0 Å². The number of hydrogen-bond acceptors (Lipinski definition) is 5. The number of Topliss-reactive ketones (excluding diaryl/α,β-unsaturated/α-hetero) is 2. The summed E-state index contributed by atoms with van der Waals surface area (Å²) in [4.78, 5) is 33.9. The second-order valence-electron chi connectivity index (χ2n) is 3.75. The Balaban J connectivity index is 2.47. The minimum absolute atomic E-state index is 0.0229. The molecule has 0 N–H and O–H groups in total. The minimum atomic E-state index is -1.20. The number of carbonyl (C=O) groups excluding carboxylic acids is 3. The van der Waals surface area contributed by atoms with Crippen LogP contribution in [-0.2, 0) is 23.9 Å². The fraction of sp³-hybridized carbons (Fsp3) is 0.417. The lowest BCUT2D eigenvalue weighted by Crippen LogP contribution is -2.28. The zero-order chi connectivity index (χ0) is 12.8. The topological polar surface area (TPSA) is 69.7 Å². The Hall–Kier alpha value is -1.91. The van der Waals surface area contributed by atoms with E-state index in [4.69, 9.17) is 9.47 Å². The molecule has 0 aromatic heterocycles. The first-order valence-electron chi connectivity index (χ1n) is 5.21. The summed E-state index contributed by atoms with van der Waals surface area (Å²) in [6, 6.07) is 0. The van der Waals surface area contributed by atoms with Crippen LogP contribution < -0.4 is 0 Å². The van der Waals surface area contributed by atoms with Crippen LogP contribution in [0.2, 0.25) is 0 Å². The molecule has 0 heterocycles. The molecule has 0 aliphatic heterocycles. The van der Waals surface area contributed by atoms with Crippen LogP contribution in [0, 0.1) is 0 Å². The van der Waals surface area contributed by atoms with Crippen LogP contribution in [0.1, 0.15) is 26.2 Å². The molecule has 5 nitrogen and oxygen atoms in total. The monoisotopic (exact) mass is 238 g/mol. The molecule has 92 valence electrons. The highest BCUT2D eigenvalue weighted by Gasteiger charge is 2.35. The highest BCUT2D eigenvalue weighted by atomic mass is 16.6. The number of esters is 1. The van der Waals surface area contributed by atoms with Crippen molar-refractivity contribution in [3.63, 3.8) is 0 Å². The second-order valence-corrected chi connectivity index (χ2v) is 3.75. The zero-order valence-corrected chi connectivity index (χ0v) is 9.60. The van der Waals surface area contributed by atoms with Gasteiger partial charge in [0.2, 0.25) is 6.10 Å². The molecule has 17 heavy (non-hydrogen) atoms. The third-order valence-corrected chi connectivity index (χ3v) is 2.24. The lowest BCUT2D eigenvalue weighted by molar-refractivity contribution is -0.156. The van der Waals surface area contributed by atoms with Gasteiger partial charge in [0.1, 0.15) is 0 Å². The molecular weight excluding hydrogens is 224 g/mol. The van der Waals surface area contributed by atoms with E-state index in [1.165, 1.54) is 12.5 Å². The molecule has 0 radical (unpaired) electrons. The number of rotatable bonds is 5. The van der Waals surface area contributed by atoms with E-state index in [0.717, 1.165) is 0 Å². The van der Waals surface area contributed by atoms with Gasteiger partial charge in [-0.25, -0.2) is 0 Å². The molecule has 1 saturated carbocycles. The van der Waals surface area contributed by atoms with E-state index >= 15 is 0 Å². The molecule has 5 heteroatoms. The summed E-state index contributed by atoms with van der Waals surface area (Å²) in [5.74, 6) is -1.26. The maximum Gasteiger partial charge on any atom is 0.311 e. The van der Waals surface area contributed by atoms with Crippen LogP contribution in [-0.4, -0.2) is 23.6 Å². The first-order valence-corrected chi connectivity index (χ1v) is 5.21. The lowest BCUT2D eigenvalue weighted by atomic mass is 10.2. The molecule has 1 aliphatic rings. The van der Waals surface area contributed by atoms with Gasteiger partial charge in [0.15, 0.2) is 11.6 Å². The maximum atomic E-state index is 11.4. The van der Waals surface area contributed by atoms with Crippen molar-refractivity contribution in [2.24, 2.45) is 0 Å². The minimum Gasteiger partial charge on any atom is -0.473 e. The number of ketones is 2. The molecular formula is C12H14O5. The molecule has 0 amide bonds. The Bertz CT molecular complexity index is 364. The summed E-state index contributed by atoms with van der Waals surface area (Å²) in [5.41, 5.74) is 0.618. The highest BCUT2D eigenvalue weighted by Crippen LogP contribution is 2.15.